The second-order valence-corrected chi connectivity index (χ2v) is 12.1. The minimum atomic E-state index is 0.642. The van der Waals surface area contributed by atoms with Gasteiger partial charge < -0.3 is 4.57 Å². The van der Waals surface area contributed by atoms with Gasteiger partial charge in [0.1, 0.15) is 0 Å². The van der Waals surface area contributed by atoms with Crippen molar-refractivity contribution >= 4 is 21.8 Å². The predicted octanol–water partition coefficient (Wildman–Crippen LogP) is 11.3. The van der Waals surface area contributed by atoms with E-state index in [1.165, 1.54) is 38.5 Å². The number of nitrogens with zero attached hydrogens (tertiary/aromatic N) is 4. The summed E-state index contributed by atoms with van der Waals surface area (Å²) >= 11 is 0. The van der Waals surface area contributed by atoms with Crippen molar-refractivity contribution in [1.82, 2.24) is 19.5 Å². The van der Waals surface area contributed by atoms with Crippen LogP contribution in [0.25, 0.3) is 83.9 Å². The zero-order valence-corrected chi connectivity index (χ0v) is 26.6. The number of hydrogen-bond acceptors (Lipinski definition) is 3. The van der Waals surface area contributed by atoms with Crippen LogP contribution in [0.2, 0.25) is 0 Å². The molecule has 0 fully saturated rings. The topological polar surface area (TPSA) is 43.6 Å². The van der Waals surface area contributed by atoms with Crippen LogP contribution in [-0.4, -0.2) is 19.5 Å². The highest BCUT2D eigenvalue weighted by atomic mass is 15.0. The first-order valence-corrected chi connectivity index (χ1v) is 16.5. The number of para-hydroxylation sites is 1. The van der Waals surface area contributed by atoms with Gasteiger partial charge in [-0.2, -0.15) is 0 Å². The van der Waals surface area contributed by atoms with E-state index in [-0.39, 0.29) is 0 Å². The highest BCUT2D eigenvalue weighted by Gasteiger charge is 2.15. The van der Waals surface area contributed by atoms with E-state index < -0.39 is 0 Å². The van der Waals surface area contributed by atoms with Crippen molar-refractivity contribution in [2.24, 2.45) is 0 Å². The van der Waals surface area contributed by atoms with Gasteiger partial charge in [-0.1, -0.05) is 133 Å². The quantitative estimate of drug-likeness (QED) is 0.184. The van der Waals surface area contributed by atoms with Gasteiger partial charge in [-0.3, -0.25) is 0 Å². The van der Waals surface area contributed by atoms with Gasteiger partial charge in [-0.05, 0) is 70.8 Å². The summed E-state index contributed by atoms with van der Waals surface area (Å²) in [6.07, 6.45) is 0. The van der Waals surface area contributed by atoms with Crippen molar-refractivity contribution in [1.29, 1.82) is 0 Å². The molecule has 0 atom stereocenters. The van der Waals surface area contributed by atoms with Crippen molar-refractivity contribution in [2.75, 3.05) is 0 Å². The van der Waals surface area contributed by atoms with Crippen LogP contribution in [0.5, 0.6) is 0 Å². The molecule has 7 aromatic carbocycles. The second kappa shape index (κ2) is 12.2. The van der Waals surface area contributed by atoms with E-state index in [0.717, 1.165) is 27.9 Å². The fourth-order valence-corrected chi connectivity index (χ4v) is 6.64. The van der Waals surface area contributed by atoms with E-state index in [4.69, 9.17) is 15.0 Å². The maximum Gasteiger partial charge on any atom is 0.164 e. The molecule has 0 aliphatic heterocycles. The largest absolute Gasteiger partial charge is 0.309 e. The molecule has 2 aromatic heterocycles. The summed E-state index contributed by atoms with van der Waals surface area (Å²) < 4.78 is 2.34. The Morgan fingerprint density at radius 2 is 0.714 bits per heavy atom. The van der Waals surface area contributed by atoms with E-state index in [1.54, 1.807) is 0 Å². The first-order valence-electron chi connectivity index (χ1n) is 16.5. The third-order valence-corrected chi connectivity index (χ3v) is 9.06. The molecule has 9 aromatic rings. The number of rotatable bonds is 6. The van der Waals surface area contributed by atoms with Crippen molar-refractivity contribution in [3.05, 3.63) is 182 Å². The molecule has 4 heteroatoms. The average Bonchev–Trinajstić information content (AvgIpc) is 3.52. The Morgan fingerprint density at radius 1 is 0.286 bits per heavy atom. The van der Waals surface area contributed by atoms with Crippen LogP contribution in [0, 0.1) is 0 Å². The highest BCUT2D eigenvalue weighted by molar-refractivity contribution is 6.10. The van der Waals surface area contributed by atoms with E-state index >= 15 is 0 Å². The summed E-state index contributed by atoms with van der Waals surface area (Å²) in [5, 5.41) is 2.44. The molecule has 0 saturated carbocycles. The summed E-state index contributed by atoms with van der Waals surface area (Å²) in [6.45, 7) is 0. The van der Waals surface area contributed by atoms with Crippen LogP contribution >= 0.6 is 0 Å². The molecule has 0 aliphatic carbocycles. The Labute approximate surface area is 284 Å². The first kappa shape index (κ1) is 28.6. The molecule has 0 aliphatic rings. The Bertz CT molecular complexity index is 2520. The van der Waals surface area contributed by atoms with Gasteiger partial charge in [-0.15, -0.1) is 0 Å². The fraction of sp³-hybridized carbons (Fsp3) is 0. The van der Waals surface area contributed by atoms with Crippen LogP contribution in [-0.2, 0) is 0 Å². The Balaban J connectivity index is 1.13. The zero-order chi connectivity index (χ0) is 32.6. The van der Waals surface area contributed by atoms with Gasteiger partial charge in [-0.25, -0.2) is 15.0 Å². The van der Waals surface area contributed by atoms with Gasteiger partial charge in [0, 0.05) is 33.2 Å². The molecule has 2 heterocycles. The maximum atomic E-state index is 4.93. The lowest BCUT2D eigenvalue weighted by Crippen LogP contribution is -2.00. The lowest BCUT2D eigenvalue weighted by molar-refractivity contribution is 1.07. The Kier molecular flexibility index (Phi) is 7.10. The van der Waals surface area contributed by atoms with Gasteiger partial charge in [0.2, 0.25) is 0 Å². The SMILES string of the molecule is c1ccc(-c2cccc(-c3ccc4c(c3)c3ccccc3n4-c3ccc(-c4nc(-c5ccccc5)nc(-c5ccccc5)n4)cc3)c2)cc1. The van der Waals surface area contributed by atoms with Crippen molar-refractivity contribution in [3.63, 3.8) is 0 Å². The molecular formula is C45H30N4. The van der Waals surface area contributed by atoms with Gasteiger partial charge in [0.05, 0.1) is 11.0 Å². The number of aromatic nitrogens is 4. The zero-order valence-electron chi connectivity index (χ0n) is 26.6. The maximum absolute atomic E-state index is 4.93. The number of hydrogen-bond donors (Lipinski definition) is 0. The molecule has 0 radical (unpaired) electrons. The molecule has 4 nitrogen and oxygen atoms in total. The lowest BCUT2D eigenvalue weighted by atomic mass is 9.98. The van der Waals surface area contributed by atoms with E-state index in [2.05, 4.69) is 126 Å². The Morgan fingerprint density at radius 3 is 1.33 bits per heavy atom. The summed E-state index contributed by atoms with van der Waals surface area (Å²) in [6, 6.07) is 63.5. The molecule has 0 amide bonds. The normalized spacial score (nSPS) is 11.3. The van der Waals surface area contributed by atoms with Crippen LogP contribution in [0.3, 0.4) is 0 Å². The van der Waals surface area contributed by atoms with E-state index in [1.807, 2.05) is 60.7 Å². The second-order valence-electron chi connectivity index (χ2n) is 12.1. The van der Waals surface area contributed by atoms with Crippen LogP contribution in [0.15, 0.2) is 182 Å². The summed E-state index contributed by atoms with van der Waals surface area (Å²) in [5.41, 5.74) is 11.1. The minimum Gasteiger partial charge on any atom is -0.309 e. The van der Waals surface area contributed by atoms with Crippen molar-refractivity contribution in [3.8, 4) is 62.1 Å². The smallest absolute Gasteiger partial charge is 0.164 e. The number of benzene rings is 7. The first-order chi connectivity index (χ1) is 24.3. The summed E-state index contributed by atoms with van der Waals surface area (Å²) in [5.74, 6) is 1.95. The third-order valence-electron chi connectivity index (χ3n) is 9.06. The van der Waals surface area contributed by atoms with Crippen molar-refractivity contribution < 1.29 is 0 Å². The number of fused-ring (bicyclic) bond motifs is 3. The molecule has 0 N–H and O–H groups in total. The molecular weight excluding hydrogens is 597 g/mol. The molecule has 230 valence electrons. The average molecular weight is 627 g/mol. The van der Waals surface area contributed by atoms with Gasteiger partial charge >= 0.3 is 0 Å². The van der Waals surface area contributed by atoms with Crippen LogP contribution in [0.4, 0.5) is 0 Å². The summed E-state index contributed by atoms with van der Waals surface area (Å²) in [7, 11) is 0. The van der Waals surface area contributed by atoms with Crippen LogP contribution < -0.4 is 0 Å². The highest BCUT2D eigenvalue weighted by Crippen LogP contribution is 2.36. The van der Waals surface area contributed by atoms with E-state index in [0.29, 0.717) is 17.5 Å². The molecule has 0 unspecified atom stereocenters. The minimum absolute atomic E-state index is 0.642. The summed E-state index contributed by atoms with van der Waals surface area (Å²) in [4.78, 5) is 14.7. The molecule has 49 heavy (non-hydrogen) atoms. The standard InChI is InChI=1S/C45H30N4/c1-4-13-31(14-5-1)35-19-12-20-36(29-35)37-25-28-42-40(30-37)39-21-10-11-22-41(39)49(42)38-26-23-34(24-27-38)45-47-43(32-15-6-2-7-16-32)46-44(48-45)33-17-8-3-9-18-33/h1-30H. The van der Waals surface area contributed by atoms with Gasteiger partial charge in [0.25, 0.3) is 0 Å². The molecule has 0 bridgehead atoms. The molecule has 9 rings (SSSR count). The molecule has 0 saturated heterocycles. The third kappa shape index (κ3) is 5.35. The lowest BCUT2D eigenvalue weighted by Gasteiger charge is -2.11. The monoisotopic (exact) mass is 626 g/mol. The van der Waals surface area contributed by atoms with Crippen molar-refractivity contribution in [2.45, 2.75) is 0 Å². The van der Waals surface area contributed by atoms with Crippen LogP contribution in [0.1, 0.15) is 0 Å². The van der Waals surface area contributed by atoms with E-state index in [9.17, 15) is 0 Å². The predicted molar refractivity (Wildman–Crippen MR) is 201 cm³/mol. The molecule has 0 spiro atoms. The van der Waals surface area contributed by atoms with Gasteiger partial charge in [0.15, 0.2) is 17.5 Å². The fourth-order valence-electron chi connectivity index (χ4n) is 6.64. The Hall–Kier alpha value is -6.65.